The van der Waals surface area contributed by atoms with E-state index < -0.39 is 0 Å². The zero-order chi connectivity index (χ0) is 16.3. The van der Waals surface area contributed by atoms with Gasteiger partial charge in [-0.05, 0) is 51.4 Å². The third kappa shape index (κ3) is 1.86. The minimum absolute atomic E-state index is 0.509. The van der Waals surface area contributed by atoms with E-state index in [1.807, 2.05) is 0 Å². The first-order valence-corrected chi connectivity index (χ1v) is 8.75. The van der Waals surface area contributed by atoms with Crippen LogP contribution in [0.4, 0.5) is 0 Å². The minimum atomic E-state index is 0.509. The van der Waals surface area contributed by atoms with Crippen LogP contribution in [0.25, 0.3) is 34.1 Å². The molecular formula is C24H20. The van der Waals surface area contributed by atoms with E-state index in [4.69, 9.17) is 0 Å². The van der Waals surface area contributed by atoms with Crippen LogP contribution in [0.2, 0.25) is 0 Å². The molecule has 2 aliphatic rings. The Morgan fingerprint density at radius 3 is 2.33 bits per heavy atom. The lowest BCUT2D eigenvalue weighted by atomic mass is 9.73. The second kappa shape index (κ2) is 4.95. The first-order valence-electron chi connectivity index (χ1n) is 8.75. The lowest BCUT2D eigenvalue weighted by Crippen LogP contribution is -2.13. The van der Waals surface area contributed by atoms with E-state index in [9.17, 15) is 0 Å². The van der Waals surface area contributed by atoms with Gasteiger partial charge < -0.3 is 0 Å². The van der Waals surface area contributed by atoms with Crippen molar-refractivity contribution in [2.24, 2.45) is 5.92 Å². The van der Waals surface area contributed by atoms with E-state index >= 15 is 0 Å². The van der Waals surface area contributed by atoms with Crippen LogP contribution in [-0.2, 0) is 0 Å². The molecule has 3 aromatic carbocycles. The van der Waals surface area contributed by atoms with Gasteiger partial charge in [0.1, 0.15) is 0 Å². The molecule has 0 N–H and O–H groups in total. The SMILES string of the molecule is Cc1ccc(-c2ccc3c4c5c(ccc24)C=CC(C)C5C=C3)cc1. The molecule has 0 spiro atoms. The summed E-state index contributed by atoms with van der Waals surface area (Å²) in [6.45, 7) is 4.46. The maximum absolute atomic E-state index is 2.39. The highest BCUT2D eigenvalue weighted by Gasteiger charge is 2.27. The Labute approximate surface area is 143 Å². The number of benzene rings is 3. The molecule has 0 radical (unpaired) electrons. The van der Waals surface area contributed by atoms with Crippen LogP contribution in [0.15, 0.2) is 60.7 Å². The fourth-order valence-corrected chi connectivity index (χ4v) is 4.26. The van der Waals surface area contributed by atoms with E-state index in [0.717, 1.165) is 0 Å². The quantitative estimate of drug-likeness (QED) is 0.476. The molecule has 0 saturated carbocycles. The Kier molecular flexibility index (Phi) is 2.84. The molecule has 0 aromatic heterocycles. The smallest absolute Gasteiger partial charge is 0.00939 e. The third-order valence-corrected chi connectivity index (χ3v) is 5.61. The Hall–Kier alpha value is -2.60. The third-order valence-electron chi connectivity index (χ3n) is 5.61. The summed E-state index contributed by atoms with van der Waals surface area (Å²) < 4.78 is 0. The number of rotatable bonds is 1. The summed E-state index contributed by atoms with van der Waals surface area (Å²) in [5.74, 6) is 1.07. The topological polar surface area (TPSA) is 0 Å². The summed E-state index contributed by atoms with van der Waals surface area (Å²) in [5.41, 5.74) is 8.22. The first-order chi connectivity index (χ1) is 11.7. The van der Waals surface area contributed by atoms with Crippen LogP contribution >= 0.6 is 0 Å². The molecule has 3 aromatic rings. The standard InChI is InChI=1S/C24H20/c1-15-3-6-17(7-4-15)21-13-10-19-9-12-20-16(2)5-8-18-11-14-22(21)24(19)23(18)20/h3-14,16,20H,1-2H3. The number of hydrogen-bond acceptors (Lipinski definition) is 0. The molecule has 5 rings (SSSR count). The average molecular weight is 308 g/mol. The van der Waals surface area contributed by atoms with E-state index in [1.165, 1.54) is 44.2 Å². The Balaban J connectivity index is 1.86. The normalized spacial score (nSPS) is 20.6. The van der Waals surface area contributed by atoms with Gasteiger partial charge in [0.05, 0.1) is 0 Å². The maximum Gasteiger partial charge on any atom is 0.00939 e. The molecule has 0 saturated heterocycles. The highest BCUT2D eigenvalue weighted by Crippen LogP contribution is 2.46. The molecule has 0 fully saturated rings. The molecule has 24 heavy (non-hydrogen) atoms. The summed E-state index contributed by atoms with van der Waals surface area (Å²) in [6.07, 6.45) is 9.36. The minimum Gasteiger partial charge on any atom is -0.0802 e. The Morgan fingerprint density at radius 1 is 0.750 bits per heavy atom. The van der Waals surface area contributed by atoms with Gasteiger partial charge in [-0.1, -0.05) is 85.3 Å². The van der Waals surface area contributed by atoms with E-state index in [-0.39, 0.29) is 0 Å². The zero-order valence-corrected chi connectivity index (χ0v) is 14.1. The van der Waals surface area contributed by atoms with Crippen LogP contribution in [0, 0.1) is 12.8 Å². The van der Waals surface area contributed by atoms with Crippen LogP contribution in [0.1, 0.15) is 35.1 Å². The largest absolute Gasteiger partial charge is 0.0802 e. The molecule has 0 nitrogen and oxygen atoms in total. The van der Waals surface area contributed by atoms with E-state index in [0.29, 0.717) is 11.8 Å². The predicted octanol–water partition coefficient (Wildman–Crippen LogP) is 6.59. The van der Waals surface area contributed by atoms with Gasteiger partial charge in [-0.3, -0.25) is 0 Å². The monoisotopic (exact) mass is 308 g/mol. The number of hydrogen-bond donors (Lipinski definition) is 0. The van der Waals surface area contributed by atoms with E-state index in [2.05, 4.69) is 86.7 Å². The molecular weight excluding hydrogens is 288 g/mol. The molecule has 2 atom stereocenters. The van der Waals surface area contributed by atoms with Crippen LogP contribution in [0.5, 0.6) is 0 Å². The van der Waals surface area contributed by atoms with Crippen molar-refractivity contribution in [3.05, 3.63) is 82.9 Å². The summed E-state index contributed by atoms with van der Waals surface area (Å²) in [4.78, 5) is 0. The first kappa shape index (κ1) is 13.8. The second-order valence-electron chi connectivity index (χ2n) is 7.16. The number of allylic oxidation sites excluding steroid dienone is 2. The van der Waals surface area contributed by atoms with Crippen molar-refractivity contribution in [3.8, 4) is 11.1 Å². The zero-order valence-electron chi connectivity index (χ0n) is 14.1. The van der Waals surface area contributed by atoms with Crippen LogP contribution in [-0.4, -0.2) is 0 Å². The molecule has 0 bridgehead atoms. The van der Waals surface area contributed by atoms with Crippen molar-refractivity contribution in [2.45, 2.75) is 19.8 Å². The summed E-state index contributed by atoms with van der Waals surface area (Å²) in [6, 6.07) is 18.1. The summed E-state index contributed by atoms with van der Waals surface area (Å²) in [5, 5.41) is 2.83. The molecule has 0 heteroatoms. The number of aryl methyl sites for hydroxylation is 1. The van der Waals surface area contributed by atoms with Crippen LogP contribution in [0.3, 0.4) is 0 Å². The highest BCUT2D eigenvalue weighted by atomic mass is 14.3. The average Bonchev–Trinajstić information content (AvgIpc) is 2.62. The molecule has 2 aliphatic carbocycles. The molecule has 116 valence electrons. The van der Waals surface area contributed by atoms with E-state index in [1.54, 1.807) is 0 Å². The predicted molar refractivity (Wildman–Crippen MR) is 104 cm³/mol. The maximum atomic E-state index is 2.39. The van der Waals surface area contributed by atoms with Crippen molar-refractivity contribution in [1.82, 2.24) is 0 Å². The fraction of sp³-hybridized carbons (Fsp3) is 0.167. The summed E-state index contributed by atoms with van der Waals surface area (Å²) >= 11 is 0. The van der Waals surface area contributed by atoms with Gasteiger partial charge in [0.15, 0.2) is 0 Å². The van der Waals surface area contributed by atoms with Crippen molar-refractivity contribution in [2.75, 3.05) is 0 Å². The lowest BCUT2D eigenvalue weighted by molar-refractivity contribution is 0.640. The molecule has 0 heterocycles. The highest BCUT2D eigenvalue weighted by molar-refractivity contribution is 6.05. The van der Waals surface area contributed by atoms with Gasteiger partial charge >= 0.3 is 0 Å². The lowest BCUT2D eigenvalue weighted by Gasteiger charge is -2.30. The van der Waals surface area contributed by atoms with Crippen molar-refractivity contribution >= 4 is 22.9 Å². The Bertz CT molecular complexity index is 1020. The van der Waals surface area contributed by atoms with Gasteiger partial charge in [-0.25, -0.2) is 0 Å². The van der Waals surface area contributed by atoms with Gasteiger partial charge in [0, 0.05) is 5.92 Å². The van der Waals surface area contributed by atoms with Crippen molar-refractivity contribution in [3.63, 3.8) is 0 Å². The molecule has 0 amide bonds. The van der Waals surface area contributed by atoms with Crippen molar-refractivity contribution in [1.29, 1.82) is 0 Å². The Morgan fingerprint density at radius 2 is 1.50 bits per heavy atom. The second-order valence-corrected chi connectivity index (χ2v) is 7.16. The fourth-order valence-electron chi connectivity index (χ4n) is 4.26. The van der Waals surface area contributed by atoms with Gasteiger partial charge in [-0.2, -0.15) is 0 Å². The van der Waals surface area contributed by atoms with Crippen LogP contribution < -0.4 is 0 Å². The molecule has 0 aliphatic heterocycles. The van der Waals surface area contributed by atoms with Gasteiger partial charge in [0.2, 0.25) is 0 Å². The summed E-state index contributed by atoms with van der Waals surface area (Å²) in [7, 11) is 0. The van der Waals surface area contributed by atoms with Gasteiger partial charge in [0.25, 0.3) is 0 Å². The molecule has 2 unspecified atom stereocenters. The van der Waals surface area contributed by atoms with Gasteiger partial charge in [-0.15, -0.1) is 0 Å². The van der Waals surface area contributed by atoms with Crippen molar-refractivity contribution < 1.29 is 0 Å².